The Kier molecular flexibility index (Phi) is 4.39. The molecule has 0 bridgehead atoms. The van der Waals surface area contributed by atoms with E-state index in [-0.39, 0.29) is 28.9 Å². The summed E-state index contributed by atoms with van der Waals surface area (Å²) < 4.78 is 4.95. The van der Waals surface area contributed by atoms with Gasteiger partial charge in [-0.15, -0.1) is 0 Å². The average Bonchev–Trinajstić information content (AvgIpc) is 2.90. The van der Waals surface area contributed by atoms with Crippen LogP contribution < -0.4 is 10.1 Å². The molecule has 2 atom stereocenters. The molecule has 0 aliphatic carbocycles. The highest BCUT2D eigenvalue weighted by Crippen LogP contribution is 2.28. The third kappa shape index (κ3) is 2.96. The molecule has 0 unspecified atom stereocenters. The van der Waals surface area contributed by atoms with Crippen molar-refractivity contribution in [3.8, 4) is 5.75 Å². The highest BCUT2D eigenvalue weighted by Gasteiger charge is 2.32. The van der Waals surface area contributed by atoms with Gasteiger partial charge in [-0.05, 0) is 6.07 Å². The van der Waals surface area contributed by atoms with Crippen LogP contribution in [0, 0.1) is 10.1 Å². The molecule has 1 saturated heterocycles. The second-order valence-electron chi connectivity index (χ2n) is 4.85. The zero-order valence-corrected chi connectivity index (χ0v) is 11.8. The molecule has 1 aliphatic heterocycles. The van der Waals surface area contributed by atoms with Crippen LogP contribution in [0.2, 0.25) is 0 Å². The minimum Gasteiger partial charge on any atom is -0.490 e. The fourth-order valence-electron chi connectivity index (χ4n) is 2.36. The number of nitro benzene ring substituents is 1. The predicted molar refractivity (Wildman–Crippen MR) is 74.4 cm³/mol. The Morgan fingerprint density at radius 1 is 1.52 bits per heavy atom. The molecular formula is C13H17N3O5. The first-order chi connectivity index (χ1) is 9.95. The average molecular weight is 295 g/mol. The van der Waals surface area contributed by atoms with Crippen molar-refractivity contribution in [2.24, 2.45) is 0 Å². The van der Waals surface area contributed by atoms with E-state index in [2.05, 4.69) is 5.32 Å². The summed E-state index contributed by atoms with van der Waals surface area (Å²) in [6, 6.07) is 3.64. The van der Waals surface area contributed by atoms with Gasteiger partial charge in [-0.3, -0.25) is 14.9 Å². The van der Waals surface area contributed by atoms with Crippen LogP contribution in [0.5, 0.6) is 5.75 Å². The Hall–Kier alpha value is -2.19. The maximum Gasteiger partial charge on any atom is 0.310 e. The molecule has 0 radical (unpaired) electrons. The molecule has 114 valence electrons. The molecule has 8 nitrogen and oxygen atoms in total. The van der Waals surface area contributed by atoms with Gasteiger partial charge < -0.3 is 20.1 Å². The normalized spacial score (nSPS) is 21.1. The zero-order valence-electron chi connectivity index (χ0n) is 11.8. The lowest BCUT2D eigenvalue weighted by molar-refractivity contribution is -0.385. The summed E-state index contributed by atoms with van der Waals surface area (Å²) in [6.45, 7) is 0.944. The number of amides is 1. The fraction of sp³-hybridized carbons (Fsp3) is 0.462. The van der Waals surface area contributed by atoms with E-state index in [0.717, 1.165) is 0 Å². The fourth-order valence-corrected chi connectivity index (χ4v) is 2.36. The molecule has 0 spiro atoms. The van der Waals surface area contributed by atoms with Crippen molar-refractivity contribution < 1.29 is 19.6 Å². The van der Waals surface area contributed by atoms with Gasteiger partial charge in [0.15, 0.2) is 5.75 Å². The van der Waals surface area contributed by atoms with Crippen LogP contribution in [0.3, 0.4) is 0 Å². The summed E-state index contributed by atoms with van der Waals surface area (Å²) in [5.41, 5.74) is 0.0818. The molecule has 2 rings (SSSR count). The number of nitrogens with one attached hydrogen (secondary N) is 1. The van der Waals surface area contributed by atoms with Crippen molar-refractivity contribution in [2.75, 3.05) is 27.2 Å². The number of hydrogen-bond acceptors (Lipinski definition) is 6. The van der Waals surface area contributed by atoms with Crippen LogP contribution in [0.25, 0.3) is 0 Å². The lowest BCUT2D eigenvalue weighted by Crippen LogP contribution is -2.44. The zero-order chi connectivity index (χ0) is 15.6. The summed E-state index contributed by atoms with van der Waals surface area (Å²) in [6.07, 6.45) is -0.626. The summed E-state index contributed by atoms with van der Waals surface area (Å²) in [5, 5.41) is 23.6. The number of nitro groups is 1. The number of methoxy groups -OCH3 is 1. The molecule has 0 saturated carbocycles. The third-order valence-electron chi connectivity index (χ3n) is 3.59. The number of aliphatic hydroxyl groups is 1. The van der Waals surface area contributed by atoms with E-state index in [1.54, 1.807) is 7.05 Å². The van der Waals surface area contributed by atoms with Crippen LogP contribution in [0.15, 0.2) is 18.2 Å². The Labute approximate surface area is 121 Å². The molecule has 1 aromatic carbocycles. The lowest BCUT2D eigenvalue weighted by Gasteiger charge is -2.26. The number of β-amino-alcohol motifs (C(OH)–C–C–N with tert-alkyl or cyclic N) is 1. The molecule has 1 aliphatic rings. The van der Waals surface area contributed by atoms with Gasteiger partial charge >= 0.3 is 5.69 Å². The van der Waals surface area contributed by atoms with Gasteiger partial charge in [0, 0.05) is 37.8 Å². The lowest BCUT2D eigenvalue weighted by atomic mass is 10.1. The SMILES string of the molecule is COc1cc(C(=O)N(C)[C@H]2CNC[C@@H]2O)ccc1[N+](=O)[O-]. The van der Waals surface area contributed by atoms with E-state index in [0.29, 0.717) is 13.1 Å². The number of aliphatic hydroxyl groups excluding tert-OH is 1. The van der Waals surface area contributed by atoms with Gasteiger partial charge in [0.1, 0.15) is 0 Å². The topological polar surface area (TPSA) is 105 Å². The molecule has 21 heavy (non-hydrogen) atoms. The van der Waals surface area contributed by atoms with Crippen molar-refractivity contribution in [1.82, 2.24) is 10.2 Å². The van der Waals surface area contributed by atoms with Gasteiger partial charge in [0.2, 0.25) is 0 Å². The molecular weight excluding hydrogens is 278 g/mol. The van der Waals surface area contributed by atoms with Crippen molar-refractivity contribution in [3.63, 3.8) is 0 Å². The maximum atomic E-state index is 12.4. The number of carbonyl (C=O) groups is 1. The van der Waals surface area contributed by atoms with Crippen LogP contribution in [0.1, 0.15) is 10.4 Å². The highest BCUT2D eigenvalue weighted by molar-refractivity contribution is 5.95. The van der Waals surface area contributed by atoms with Crippen molar-refractivity contribution >= 4 is 11.6 Å². The first-order valence-corrected chi connectivity index (χ1v) is 6.44. The number of benzene rings is 1. The molecule has 8 heteroatoms. The van der Waals surface area contributed by atoms with Crippen molar-refractivity contribution in [3.05, 3.63) is 33.9 Å². The number of ether oxygens (including phenoxy) is 1. The quantitative estimate of drug-likeness (QED) is 0.599. The number of nitrogens with zero attached hydrogens (tertiary/aromatic N) is 2. The van der Waals surface area contributed by atoms with E-state index in [4.69, 9.17) is 4.74 Å². The van der Waals surface area contributed by atoms with Crippen molar-refractivity contribution in [2.45, 2.75) is 12.1 Å². The largest absolute Gasteiger partial charge is 0.490 e. The molecule has 1 fully saturated rings. The van der Waals surface area contributed by atoms with E-state index < -0.39 is 11.0 Å². The summed E-state index contributed by atoms with van der Waals surface area (Å²) in [5.74, 6) is -0.291. The minimum absolute atomic E-state index is 0.0318. The second kappa shape index (κ2) is 6.06. The van der Waals surface area contributed by atoms with Gasteiger partial charge in [0.25, 0.3) is 5.91 Å². The second-order valence-corrected chi connectivity index (χ2v) is 4.85. The molecule has 2 N–H and O–H groups in total. The van der Waals surface area contributed by atoms with Gasteiger partial charge in [0.05, 0.1) is 24.2 Å². The maximum absolute atomic E-state index is 12.4. The first-order valence-electron chi connectivity index (χ1n) is 6.44. The van der Waals surface area contributed by atoms with Crippen LogP contribution in [-0.4, -0.2) is 60.2 Å². The van der Waals surface area contributed by atoms with E-state index in [9.17, 15) is 20.0 Å². The monoisotopic (exact) mass is 295 g/mol. The van der Waals surface area contributed by atoms with Gasteiger partial charge in [-0.1, -0.05) is 0 Å². The summed E-state index contributed by atoms with van der Waals surface area (Å²) >= 11 is 0. The van der Waals surface area contributed by atoms with Gasteiger partial charge in [-0.2, -0.15) is 0 Å². The van der Waals surface area contributed by atoms with E-state index >= 15 is 0 Å². The molecule has 1 aromatic rings. The highest BCUT2D eigenvalue weighted by atomic mass is 16.6. The number of hydrogen-bond donors (Lipinski definition) is 2. The number of likely N-dealkylation sites (N-methyl/N-ethyl adjacent to an activating group) is 1. The molecule has 1 heterocycles. The van der Waals surface area contributed by atoms with Crippen LogP contribution >= 0.6 is 0 Å². The third-order valence-corrected chi connectivity index (χ3v) is 3.59. The van der Waals surface area contributed by atoms with Crippen molar-refractivity contribution in [1.29, 1.82) is 0 Å². The summed E-state index contributed by atoms with van der Waals surface area (Å²) in [4.78, 5) is 24.1. The van der Waals surface area contributed by atoms with E-state index in [1.165, 1.54) is 30.2 Å². The number of rotatable bonds is 4. The predicted octanol–water partition coefficient (Wildman–Crippen LogP) is 0.00810. The van der Waals surface area contributed by atoms with Crippen LogP contribution in [0.4, 0.5) is 5.69 Å². The minimum atomic E-state index is -0.626. The summed E-state index contributed by atoms with van der Waals surface area (Å²) in [7, 11) is 2.90. The molecule has 1 amide bonds. The number of carbonyl (C=O) groups excluding carboxylic acids is 1. The smallest absolute Gasteiger partial charge is 0.310 e. The Balaban J connectivity index is 2.25. The Bertz CT molecular complexity index is 563. The Morgan fingerprint density at radius 3 is 2.76 bits per heavy atom. The Morgan fingerprint density at radius 2 is 2.24 bits per heavy atom. The molecule has 0 aromatic heterocycles. The first kappa shape index (κ1) is 15.2. The van der Waals surface area contributed by atoms with Gasteiger partial charge in [-0.25, -0.2) is 0 Å². The standard InChI is InChI=1S/C13H17N3O5/c1-15(10-6-14-7-11(10)17)13(18)8-3-4-9(16(19)20)12(5-8)21-2/h3-5,10-11,14,17H,6-7H2,1-2H3/t10-,11-/m0/s1. The van der Waals surface area contributed by atoms with Crippen LogP contribution in [-0.2, 0) is 0 Å². The van der Waals surface area contributed by atoms with E-state index in [1.807, 2.05) is 0 Å².